The number of benzene rings is 1. The van der Waals surface area contributed by atoms with Gasteiger partial charge in [0.25, 0.3) is 5.91 Å². The summed E-state index contributed by atoms with van der Waals surface area (Å²) in [7, 11) is 0. The van der Waals surface area contributed by atoms with Gasteiger partial charge >= 0.3 is 6.18 Å². The molecule has 0 aliphatic rings. The third-order valence-corrected chi connectivity index (χ3v) is 3.83. The number of carbonyl (C=O) groups excluding carboxylic acids is 1. The van der Waals surface area contributed by atoms with Crippen LogP contribution in [0.2, 0.25) is 0 Å². The smallest absolute Gasteiger partial charge is 0.351 e. The number of aryl methyl sites for hydroxylation is 1. The van der Waals surface area contributed by atoms with Gasteiger partial charge in [0.05, 0.1) is 5.69 Å². The summed E-state index contributed by atoms with van der Waals surface area (Å²) in [5.74, 6) is -0.526. The SMILES string of the molecule is CCCNC(=O)c1cc2nc(-c3ccc(C)cc3)cc(C(F)(F)F)n2n1. The fourth-order valence-electron chi connectivity index (χ4n) is 2.49. The van der Waals surface area contributed by atoms with Gasteiger partial charge in [0.2, 0.25) is 0 Å². The normalized spacial score (nSPS) is 11.7. The number of nitrogens with zero attached hydrogens (tertiary/aromatic N) is 3. The van der Waals surface area contributed by atoms with E-state index in [-0.39, 0.29) is 17.0 Å². The molecular formula is C18H17F3N4O. The second kappa shape index (κ2) is 6.78. The van der Waals surface area contributed by atoms with E-state index in [2.05, 4.69) is 15.4 Å². The molecule has 0 bridgehead atoms. The van der Waals surface area contributed by atoms with Crippen LogP contribution in [0.1, 0.15) is 35.1 Å². The number of aromatic nitrogens is 3. The minimum absolute atomic E-state index is 0.0305. The number of carbonyl (C=O) groups is 1. The second-order valence-electron chi connectivity index (χ2n) is 5.95. The van der Waals surface area contributed by atoms with Gasteiger partial charge in [-0.2, -0.15) is 18.3 Å². The Morgan fingerprint density at radius 3 is 2.50 bits per heavy atom. The number of hydrogen-bond donors (Lipinski definition) is 1. The lowest BCUT2D eigenvalue weighted by Crippen LogP contribution is -2.24. The van der Waals surface area contributed by atoms with Gasteiger partial charge in [-0.25, -0.2) is 9.50 Å². The van der Waals surface area contributed by atoms with Crippen molar-refractivity contribution in [3.05, 3.63) is 53.3 Å². The zero-order valence-corrected chi connectivity index (χ0v) is 14.3. The molecule has 2 heterocycles. The minimum Gasteiger partial charge on any atom is -0.351 e. The molecule has 0 aliphatic carbocycles. The predicted molar refractivity (Wildman–Crippen MR) is 90.8 cm³/mol. The summed E-state index contributed by atoms with van der Waals surface area (Å²) in [6, 6.07) is 9.22. The van der Waals surface area contributed by atoms with Crippen LogP contribution in [0.4, 0.5) is 13.2 Å². The molecule has 3 rings (SSSR count). The third kappa shape index (κ3) is 3.54. The molecule has 0 saturated carbocycles. The van der Waals surface area contributed by atoms with E-state index in [4.69, 9.17) is 0 Å². The van der Waals surface area contributed by atoms with E-state index >= 15 is 0 Å². The molecule has 1 aromatic carbocycles. The summed E-state index contributed by atoms with van der Waals surface area (Å²) >= 11 is 0. The highest BCUT2D eigenvalue weighted by Crippen LogP contribution is 2.32. The average Bonchev–Trinajstić information content (AvgIpc) is 3.02. The van der Waals surface area contributed by atoms with Gasteiger partial charge in [0.15, 0.2) is 17.0 Å². The maximum absolute atomic E-state index is 13.5. The van der Waals surface area contributed by atoms with E-state index in [1.54, 1.807) is 24.3 Å². The zero-order valence-electron chi connectivity index (χ0n) is 14.3. The maximum atomic E-state index is 13.5. The Morgan fingerprint density at radius 1 is 1.19 bits per heavy atom. The monoisotopic (exact) mass is 362 g/mol. The van der Waals surface area contributed by atoms with Crippen molar-refractivity contribution in [3.8, 4) is 11.3 Å². The van der Waals surface area contributed by atoms with Crippen molar-refractivity contribution in [2.24, 2.45) is 0 Å². The van der Waals surface area contributed by atoms with E-state index in [9.17, 15) is 18.0 Å². The Bertz CT molecular complexity index is 945. The largest absolute Gasteiger partial charge is 0.433 e. The van der Waals surface area contributed by atoms with Crippen molar-refractivity contribution in [1.29, 1.82) is 0 Å². The van der Waals surface area contributed by atoms with E-state index in [1.807, 2.05) is 13.8 Å². The molecule has 0 spiro atoms. The first-order valence-electron chi connectivity index (χ1n) is 8.13. The lowest BCUT2D eigenvalue weighted by Gasteiger charge is -2.11. The summed E-state index contributed by atoms with van der Waals surface area (Å²) in [4.78, 5) is 16.3. The van der Waals surface area contributed by atoms with E-state index < -0.39 is 17.8 Å². The Balaban J connectivity index is 2.14. The van der Waals surface area contributed by atoms with Crippen molar-refractivity contribution in [2.45, 2.75) is 26.4 Å². The highest BCUT2D eigenvalue weighted by molar-refractivity contribution is 5.93. The fourth-order valence-corrected chi connectivity index (χ4v) is 2.49. The molecule has 8 heteroatoms. The summed E-state index contributed by atoms with van der Waals surface area (Å²) in [6.45, 7) is 4.18. The van der Waals surface area contributed by atoms with Crippen LogP contribution in [-0.4, -0.2) is 27.0 Å². The number of nitrogens with one attached hydrogen (secondary N) is 1. The molecule has 0 aliphatic heterocycles. The lowest BCUT2D eigenvalue weighted by atomic mass is 10.1. The Labute approximate surface area is 147 Å². The summed E-state index contributed by atoms with van der Waals surface area (Å²) < 4.78 is 41.2. The van der Waals surface area contributed by atoms with Crippen molar-refractivity contribution in [2.75, 3.05) is 6.54 Å². The molecule has 0 unspecified atom stereocenters. The number of alkyl halides is 3. The standard InChI is InChI=1S/C18H17F3N4O/c1-3-8-22-17(26)14-10-16-23-13(12-6-4-11(2)5-7-12)9-15(18(19,20)21)25(16)24-14/h4-7,9-10H,3,8H2,1-2H3,(H,22,26). The highest BCUT2D eigenvalue weighted by Gasteiger charge is 2.35. The van der Waals surface area contributed by atoms with Crippen LogP contribution < -0.4 is 5.32 Å². The first kappa shape index (κ1) is 17.9. The summed E-state index contributed by atoms with van der Waals surface area (Å²) in [5, 5.41) is 6.40. The van der Waals surface area contributed by atoms with Gasteiger partial charge in [-0.3, -0.25) is 4.79 Å². The summed E-state index contributed by atoms with van der Waals surface area (Å²) in [6.07, 6.45) is -3.92. The Morgan fingerprint density at radius 2 is 1.88 bits per heavy atom. The van der Waals surface area contributed by atoms with Crippen molar-refractivity contribution in [3.63, 3.8) is 0 Å². The molecule has 0 atom stereocenters. The van der Waals surface area contributed by atoms with Crippen LogP contribution in [-0.2, 0) is 6.18 Å². The lowest BCUT2D eigenvalue weighted by molar-refractivity contribution is -0.142. The Hall–Kier alpha value is -2.90. The first-order chi connectivity index (χ1) is 12.3. The number of rotatable bonds is 4. The van der Waals surface area contributed by atoms with Crippen LogP contribution in [0.25, 0.3) is 16.9 Å². The number of fused-ring (bicyclic) bond motifs is 1. The average molecular weight is 362 g/mol. The van der Waals surface area contributed by atoms with Crippen molar-refractivity contribution in [1.82, 2.24) is 19.9 Å². The first-order valence-corrected chi connectivity index (χ1v) is 8.13. The van der Waals surface area contributed by atoms with Crippen LogP contribution in [0.15, 0.2) is 36.4 Å². The molecule has 5 nitrogen and oxygen atoms in total. The molecule has 2 aromatic heterocycles. The van der Waals surface area contributed by atoms with Gasteiger partial charge in [-0.1, -0.05) is 36.8 Å². The quantitative estimate of drug-likeness (QED) is 0.767. The van der Waals surface area contributed by atoms with Crippen LogP contribution in [0.3, 0.4) is 0 Å². The van der Waals surface area contributed by atoms with Gasteiger partial charge in [-0.15, -0.1) is 0 Å². The van der Waals surface area contributed by atoms with Crippen LogP contribution >= 0.6 is 0 Å². The molecule has 1 N–H and O–H groups in total. The molecular weight excluding hydrogens is 345 g/mol. The van der Waals surface area contributed by atoms with Gasteiger partial charge < -0.3 is 5.32 Å². The van der Waals surface area contributed by atoms with E-state index in [0.29, 0.717) is 23.0 Å². The number of halogens is 3. The topological polar surface area (TPSA) is 59.3 Å². The molecule has 0 fully saturated rings. The highest BCUT2D eigenvalue weighted by atomic mass is 19.4. The fraction of sp³-hybridized carbons (Fsp3) is 0.278. The molecule has 0 radical (unpaired) electrons. The molecule has 3 aromatic rings. The maximum Gasteiger partial charge on any atom is 0.433 e. The van der Waals surface area contributed by atoms with Crippen molar-refractivity contribution >= 4 is 11.6 Å². The van der Waals surface area contributed by atoms with Crippen LogP contribution in [0.5, 0.6) is 0 Å². The predicted octanol–water partition coefficient (Wildman–Crippen LogP) is 3.86. The third-order valence-electron chi connectivity index (χ3n) is 3.83. The zero-order chi connectivity index (χ0) is 18.9. The number of amides is 1. The molecule has 0 saturated heterocycles. The second-order valence-corrected chi connectivity index (χ2v) is 5.95. The molecule has 136 valence electrons. The Kier molecular flexibility index (Phi) is 4.67. The van der Waals surface area contributed by atoms with E-state index in [1.165, 1.54) is 6.07 Å². The molecule has 1 amide bonds. The molecule has 26 heavy (non-hydrogen) atoms. The van der Waals surface area contributed by atoms with Gasteiger partial charge in [0.1, 0.15) is 0 Å². The minimum atomic E-state index is -4.64. The van der Waals surface area contributed by atoms with E-state index in [0.717, 1.165) is 11.6 Å². The van der Waals surface area contributed by atoms with Crippen molar-refractivity contribution < 1.29 is 18.0 Å². The van der Waals surface area contributed by atoms with Gasteiger partial charge in [0, 0.05) is 18.2 Å². The van der Waals surface area contributed by atoms with Crippen LogP contribution in [0, 0.1) is 6.92 Å². The van der Waals surface area contributed by atoms with Gasteiger partial charge in [-0.05, 0) is 19.4 Å². The number of hydrogen-bond acceptors (Lipinski definition) is 3. The summed E-state index contributed by atoms with van der Waals surface area (Å²) in [5.41, 5.74) is 0.610.